The van der Waals surface area contributed by atoms with Crippen LogP contribution in [0, 0.1) is 0 Å². The van der Waals surface area contributed by atoms with Crippen molar-refractivity contribution in [1.29, 1.82) is 0 Å². The molecule has 0 aliphatic carbocycles. The molecule has 1 rings (SSSR count). The molecule has 0 aliphatic heterocycles. The van der Waals surface area contributed by atoms with Gasteiger partial charge in [-0.2, -0.15) is 0 Å². The van der Waals surface area contributed by atoms with Crippen molar-refractivity contribution in [2.24, 2.45) is 0 Å². The highest BCUT2D eigenvalue weighted by Crippen LogP contribution is 2.15. The highest BCUT2D eigenvalue weighted by molar-refractivity contribution is 7.89. The van der Waals surface area contributed by atoms with Gasteiger partial charge in [0.1, 0.15) is 12.4 Å². The SMILES string of the molecule is CCCCCCNS(=O)(=O)c1ccc(OCCO)cc1. The molecule has 0 radical (unpaired) electrons. The highest BCUT2D eigenvalue weighted by atomic mass is 32.2. The van der Waals surface area contributed by atoms with Crippen molar-refractivity contribution in [2.45, 2.75) is 37.5 Å². The Balaban J connectivity index is 2.50. The summed E-state index contributed by atoms with van der Waals surface area (Å²) in [6, 6.07) is 6.17. The van der Waals surface area contributed by atoms with E-state index in [0.29, 0.717) is 12.3 Å². The molecule has 2 N–H and O–H groups in total. The van der Waals surface area contributed by atoms with Crippen LogP contribution in [-0.4, -0.2) is 33.3 Å². The number of hydrogen-bond donors (Lipinski definition) is 2. The fraction of sp³-hybridized carbons (Fsp3) is 0.571. The van der Waals surface area contributed by atoms with Gasteiger partial charge in [0.15, 0.2) is 0 Å². The lowest BCUT2D eigenvalue weighted by atomic mass is 10.2. The average Bonchev–Trinajstić information content (AvgIpc) is 2.45. The van der Waals surface area contributed by atoms with Gasteiger partial charge >= 0.3 is 0 Å². The molecule has 0 saturated heterocycles. The normalized spacial score (nSPS) is 11.5. The second-order valence-electron chi connectivity index (χ2n) is 4.50. The lowest BCUT2D eigenvalue weighted by Crippen LogP contribution is -2.24. The van der Waals surface area contributed by atoms with Crippen molar-refractivity contribution in [3.8, 4) is 5.75 Å². The zero-order chi connectivity index (χ0) is 14.8. The molecule has 0 saturated carbocycles. The summed E-state index contributed by atoms with van der Waals surface area (Å²) in [5.41, 5.74) is 0. The highest BCUT2D eigenvalue weighted by Gasteiger charge is 2.12. The first-order valence-electron chi connectivity index (χ1n) is 6.93. The predicted molar refractivity (Wildman–Crippen MR) is 78.4 cm³/mol. The molecule has 20 heavy (non-hydrogen) atoms. The van der Waals surface area contributed by atoms with Crippen molar-refractivity contribution < 1.29 is 18.3 Å². The average molecular weight is 301 g/mol. The fourth-order valence-corrected chi connectivity index (χ4v) is 2.79. The molecule has 6 heteroatoms. The number of nitrogens with one attached hydrogen (secondary N) is 1. The summed E-state index contributed by atoms with van der Waals surface area (Å²) in [6.07, 6.45) is 4.14. The first kappa shape index (κ1) is 16.9. The van der Waals surface area contributed by atoms with Gasteiger partial charge in [-0.05, 0) is 30.7 Å². The molecule has 0 aromatic heterocycles. The largest absolute Gasteiger partial charge is 0.491 e. The first-order valence-corrected chi connectivity index (χ1v) is 8.42. The first-order chi connectivity index (χ1) is 9.60. The van der Waals surface area contributed by atoms with Crippen LogP contribution < -0.4 is 9.46 Å². The van der Waals surface area contributed by atoms with Crippen LogP contribution >= 0.6 is 0 Å². The van der Waals surface area contributed by atoms with Crippen LogP contribution in [0.3, 0.4) is 0 Å². The Kier molecular flexibility index (Phi) is 7.58. The van der Waals surface area contributed by atoms with Gasteiger partial charge in [-0.1, -0.05) is 26.2 Å². The van der Waals surface area contributed by atoms with Crippen LogP contribution in [-0.2, 0) is 10.0 Å². The van der Waals surface area contributed by atoms with Crippen molar-refractivity contribution >= 4 is 10.0 Å². The van der Waals surface area contributed by atoms with E-state index in [0.717, 1.165) is 25.7 Å². The zero-order valence-electron chi connectivity index (χ0n) is 11.8. The third-order valence-electron chi connectivity index (χ3n) is 2.82. The van der Waals surface area contributed by atoms with Crippen molar-refractivity contribution in [2.75, 3.05) is 19.8 Å². The van der Waals surface area contributed by atoms with Crippen molar-refractivity contribution in [3.63, 3.8) is 0 Å². The van der Waals surface area contributed by atoms with Crippen LogP contribution in [0.5, 0.6) is 5.75 Å². The molecule has 0 fully saturated rings. The summed E-state index contributed by atoms with van der Waals surface area (Å²) in [5.74, 6) is 0.543. The predicted octanol–water partition coefficient (Wildman–Crippen LogP) is 1.92. The second-order valence-corrected chi connectivity index (χ2v) is 6.27. The minimum absolute atomic E-state index is 0.0701. The minimum Gasteiger partial charge on any atom is -0.491 e. The Morgan fingerprint density at radius 3 is 2.45 bits per heavy atom. The maximum atomic E-state index is 12.0. The smallest absolute Gasteiger partial charge is 0.240 e. The van der Waals surface area contributed by atoms with E-state index in [1.54, 1.807) is 12.1 Å². The van der Waals surface area contributed by atoms with Crippen molar-refractivity contribution in [3.05, 3.63) is 24.3 Å². The molecular formula is C14H23NO4S. The van der Waals surface area contributed by atoms with Gasteiger partial charge in [0, 0.05) is 6.54 Å². The third-order valence-corrected chi connectivity index (χ3v) is 4.29. The molecule has 0 amide bonds. The van der Waals surface area contributed by atoms with E-state index in [1.807, 2.05) is 0 Å². The molecule has 0 atom stereocenters. The number of rotatable bonds is 10. The molecule has 0 bridgehead atoms. The van der Waals surface area contributed by atoms with Crippen LogP contribution in [0.25, 0.3) is 0 Å². The maximum absolute atomic E-state index is 12.0. The zero-order valence-corrected chi connectivity index (χ0v) is 12.7. The van der Waals surface area contributed by atoms with E-state index in [9.17, 15) is 8.42 Å². The monoisotopic (exact) mass is 301 g/mol. The van der Waals surface area contributed by atoms with Gasteiger partial charge in [-0.15, -0.1) is 0 Å². The molecule has 1 aromatic rings. The number of ether oxygens (including phenoxy) is 1. The Morgan fingerprint density at radius 1 is 1.15 bits per heavy atom. The fourth-order valence-electron chi connectivity index (χ4n) is 1.72. The molecule has 0 heterocycles. The van der Waals surface area contributed by atoms with Gasteiger partial charge in [-0.25, -0.2) is 13.1 Å². The van der Waals surface area contributed by atoms with E-state index >= 15 is 0 Å². The molecule has 5 nitrogen and oxygen atoms in total. The topological polar surface area (TPSA) is 75.6 Å². The van der Waals surface area contributed by atoms with Crippen LogP contribution in [0.2, 0.25) is 0 Å². The number of unbranched alkanes of at least 4 members (excludes halogenated alkanes) is 3. The van der Waals surface area contributed by atoms with E-state index in [-0.39, 0.29) is 18.1 Å². The summed E-state index contributed by atoms with van der Waals surface area (Å²) in [7, 11) is -3.44. The molecule has 114 valence electrons. The summed E-state index contributed by atoms with van der Waals surface area (Å²) >= 11 is 0. The summed E-state index contributed by atoms with van der Waals surface area (Å²) < 4.78 is 31.8. The molecular weight excluding hydrogens is 278 g/mol. The molecule has 1 aromatic carbocycles. The van der Waals surface area contributed by atoms with Gasteiger partial charge in [0.05, 0.1) is 11.5 Å². The lowest BCUT2D eigenvalue weighted by Gasteiger charge is -2.08. The van der Waals surface area contributed by atoms with E-state index in [2.05, 4.69) is 11.6 Å². The van der Waals surface area contributed by atoms with Gasteiger partial charge < -0.3 is 9.84 Å². The van der Waals surface area contributed by atoms with E-state index < -0.39 is 10.0 Å². The quantitative estimate of drug-likeness (QED) is 0.647. The van der Waals surface area contributed by atoms with Gasteiger partial charge in [-0.3, -0.25) is 0 Å². The summed E-state index contributed by atoms with van der Waals surface area (Å²) in [5, 5.41) is 8.64. The Bertz CT molecular complexity index is 470. The number of aliphatic hydroxyl groups is 1. The number of hydrogen-bond acceptors (Lipinski definition) is 4. The molecule has 0 aliphatic rings. The second kappa shape index (κ2) is 8.94. The number of benzene rings is 1. The summed E-state index contributed by atoms with van der Waals surface area (Å²) in [6.45, 7) is 2.71. The molecule has 0 unspecified atom stereocenters. The minimum atomic E-state index is -3.44. The van der Waals surface area contributed by atoms with Crippen LogP contribution in [0.15, 0.2) is 29.2 Å². The molecule has 0 spiro atoms. The van der Waals surface area contributed by atoms with E-state index in [4.69, 9.17) is 9.84 Å². The Morgan fingerprint density at radius 2 is 1.85 bits per heavy atom. The summed E-state index contributed by atoms with van der Waals surface area (Å²) in [4.78, 5) is 0.226. The standard InChI is InChI=1S/C14H23NO4S/c1-2-3-4-5-10-15-20(17,18)14-8-6-13(7-9-14)19-12-11-16/h6-9,15-16H,2-5,10-12H2,1H3. The van der Waals surface area contributed by atoms with Crippen molar-refractivity contribution in [1.82, 2.24) is 4.72 Å². The van der Waals surface area contributed by atoms with Gasteiger partial charge in [0.25, 0.3) is 0 Å². The lowest BCUT2D eigenvalue weighted by molar-refractivity contribution is 0.201. The Hall–Kier alpha value is -1.11. The Labute approximate surface area is 121 Å². The van der Waals surface area contributed by atoms with Crippen LogP contribution in [0.4, 0.5) is 0 Å². The number of aliphatic hydroxyl groups excluding tert-OH is 1. The van der Waals surface area contributed by atoms with Gasteiger partial charge in [0.2, 0.25) is 10.0 Å². The maximum Gasteiger partial charge on any atom is 0.240 e. The third kappa shape index (κ3) is 5.90. The number of sulfonamides is 1. The van der Waals surface area contributed by atoms with Crippen LogP contribution in [0.1, 0.15) is 32.6 Å². The van der Waals surface area contributed by atoms with E-state index in [1.165, 1.54) is 12.1 Å².